The van der Waals surface area contributed by atoms with Gasteiger partial charge in [0.15, 0.2) is 0 Å². The predicted molar refractivity (Wildman–Crippen MR) is 96.4 cm³/mol. The van der Waals surface area contributed by atoms with Gasteiger partial charge in [0.2, 0.25) is 0 Å². The van der Waals surface area contributed by atoms with Crippen LogP contribution in [0.15, 0.2) is 65.9 Å². The molecule has 1 heterocycles. The second-order valence-corrected chi connectivity index (χ2v) is 5.97. The largest absolute Gasteiger partial charge is 0.466 e. The summed E-state index contributed by atoms with van der Waals surface area (Å²) in [6.45, 7) is 1.72. The van der Waals surface area contributed by atoms with E-state index in [0.29, 0.717) is 27.5 Å². The van der Waals surface area contributed by atoms with Crippen molar-refractivity contribution in [2.45, 2.75) is 13.0 Å². The van der Waals surface area contributed by atoms with Crippen molar-refractivity contribution in [1.82, 2.24) is 5.32 Å². The van der Waals surface area contributed by atoms with Gasteiger partial charge in [-0.1, -0.05) is 48.0 Å². The lowest BCUT2D eigenvalue weighted by Gasteiger charge is -2.35. The fourth-order valence-electron chi connectivity index (χ4n) is 2.95. The Balaban J connectivity index is 2.17. The van der Waals surface area contributed by atoms with Crippen molar-refractivity contribution in [2.75, 3.05) is 12.0 Å². The molecule has 3 rings (SSSR count). The maximum Gasteiger partial charge on any atom is 0.337 e. The number of ether oxygens (including phenoxy) is 1. The Labute approximate surface area is 150 Å². The molecule has 0 fully saturated rings. The van der Waals surface area contributed by atoms with E-state index in [1.807, 2.05) is 18.2 Å². The molecule has 0 radical (unpaired) electrons. The summed E-state index contributed by atoms with van der Waals surface area (Å²) in [7, 11) is 1.32. The number of benzene rings is 2. The van der Waals surface area contributed by atoms with Gasteiger partial charge in [-0.05, 0) is 30.7 Å². The normalized spacial score (nSPS) is 17.3. The number of nitrogens with one attached hydrogen (secondary N) is 1. The van der Waals surface area contributed by atoms with Crippen molar-refractivity contribution >= 4 is 29.3 Å². The number of methoxy groups -OCH3 is 1. The lowest BCUT2D eigenvalue weighted by Crippen LogP contribution is -2.48. The van der Waals surface area contributed by atoms with E-state index in [1.165, 1.54) is 12.0 Å². The first-order valence-electron chi connectivity index (χ1n) is 7.73. The van der Waals surface area contributed by atoms with Gasteiger partial charge in [-0.2, -0.15) is 0 Å². The lowest BCUT2D eigenvalue weighted by molar-refractivity contribution is -0.136. The summed E-state index contributed by atoms with van der Waals surface area (Å²) in [4.78, 5) is 26.7. The van der Waals surface area contributed by atoms with Gasteiger partial charge in [-0.25, -0.2) is 9.59 Å². The first-order valence-corrected chi connectivity index (χ1v) is 8.11. The number of para-hydroxylation sites is 1. The van der Waals surface area contributed by atoms with Crippen molar-refractivity contribution in [1.29, 1.82) is 0 Å². The Morgan fingerprint density at radius 2 is 1.76 bits per heavy atom. The van der Waals surface area contributed by atoms with E-state index in [0.717, 1.165) is 0 Å². The average molecular weight is 357 g/mol. The van der Waals surface area contributed by atoms with E-state index < -0.39 is 12.0 Å². The number of rotatable bonds is 3. The molecule has 0 aromatic heterocycles. The van der Waals surface area contributed by atoms with E-state index >= 15 is 0 Å². The Morgan fingerprint density at radius 1 is 1.12 bits per heavy atom. The number of carbonyl (C=O) groups excluding carboxylic acids is 2. The third kappa shape index (κ3) is 3.10. The molecule has 1 aliphatic rings. The third-order valence-electron chi connectivity index (χ3n) is 4.12. The number of allylic oxidation sites excluding steroid dienone is 1. The molecule has 6 heteroatoms. The minimum absolute atomic E-state index is 0.332. The van der Waals surface area contributed by atoms with Crippen molar-refractivity contribution in [3.63, 3.8) is 0 Å². The summed E-state index contributed by atoms with van der Waals surface area (Å²) < 4.78 is 4.95. The number of esters is 1. The van der Waals surface area contributed by atoms with Crippen LogP contribution in [0, 0.1) is 0 Å². The summed E-state index contributed by atoms with van der Waals surface area (Å²) in [6.07, 6.45) is 0. The van der Waals surface area contributed by atoms with E-state index in [9.17, 15) is 9.59 Å². The SMILES string of the molecule is COC(=O)C1=C(C)N(c2ccccc2)C(=O)NC1c1ccccc1Cl. The number of hydrogen-bond donors (Lipinski definition) is 1. The summed E-state index contributed by atoms with van der Waals surface area (Å²) in [6, 6.07) is 15.2. The number of anilines is 1. The number of halogens is 1. The Kier molecular flexibility index (Phi) is 4.76. The smallest absolute Gasteiger partial charge is 0.337 e. The van der Waals surface area contributed by atoms with Gasteiger partial charge in [0, 0.05) is 10.7 Å². The van der Waals surface area contributed by atoms with Crippen molar-refractivity contribution in [3.05, 3.63) is 76.5 Å². The van der Waals surface area contributed by atoms with Crippen LogP contribution < -0.4 is 10.2 Å². The monoisotopic (exact) mass is 356 g/mol. The quantitative estimate of drug-likeness (QED) is 0.844. The molecule has 1 N–H and O–H groups in total. The van der Waals surface area contributed by atoms with Crippen LogP contribution in [0.2, 0.25) is 5.02 Å². The first kappa shape index (κ1) is 17.0. The summed E-state index contributed by atoms with van der Waals surface area (Å²) in [5, 5.41) is 3.33. The maximum absolute atomic E-state index is 12.7. The second-order valence-electron chi connectivity index (χ2n) is 5.57. The molecule has 2 aromatic rings. The Hall–Kier alpha value is -2.79. The van der Waals surface area contributed by atoms with Crippen LogP contribution >= 0.6 is 11.6 Å². The molecular weight excluding hydrogens is 340 g/mol. The second kappa shape index (κ2) is 6.99. The molecule has 0 bridgehead atoms. The molecule has 25 heavy (non-hydrogen) atoms. The molecule has 0 saturated carbocycles. The molecule has 0 aliphatic carbocycles. The topological polar surface area (TPSA) is 58.6 Å². The number of nitrogens with zero attached hydrogens (tertiary/aromatic N) is 1. The van der Waals surface area contributed by atoms with E-state index in [4.69, 9.17) is 16.3 Å². The van der Waals surface area contributed by atoms with Crippen molar-refractivity contribution in [2.24, 2.45) is 0 Å². The van der Waals surface area contributed by atoms with Crippen LogP contribution in [0.3, 0.4) is 0 Å². The molecule has 1 atom stereocenters. The standard InChI is InChI=1S/C19H17ClN2O3/c1-12-16(18(23)25-2)17(14-10-6-7-11-15(14)20)21-19(24)22(12)13-8-4-3-5-9-13/h3-11,17H,1-2H3,(H,21,24). The summed E-state index contributed by atoms with van der Waals surface area (Å²) in [5.41, 5.74) is 2.16. The zero-order valence-corrected chi connectivity index (χ0v) is 14.6. The maximum atomic E-state index is 12.7. The fraction of sp³-hybridized carbons (Fsp3) is 0.158. The average Bonchev–Trinajstić information content (AvgIpc) is 2.62. The summed E-state index contributed by atoms with van der Waals surface area (Å²) >= 11 is 6.28. The number of amides is 2. The minimum atomic E-state index is -0.673. The van der Waals surface area contributed by atoms with Gasteiger partial charge in [0.25, 0.3) is 0 Å². The predicted octanol–water partition coefficient (Wildman–Crippen LogP) is 4.06. The molecule has 0 spiro atoms. The summed E-state index contributed by atoms with van der Waals surface area (Å²) in [5.74, 6) is -0.511. The number of carbonyl (C=O) groups is 2. The molecule has 2 amide bonds. The third-order valence-corrected chi connectivity index (χ3v) is 4.46. The highest BCUT2D eigenvalue weighted by Crippen LogP contribution is 2.36. The molecule has 2 aromatic carbocycles. The Morgan fingerprint density at radius 3 is 2.40 bits per heavy atom. The molecular formula is C19H17ClN2O3. The molecule has 1 aliphatic heterocycles. The van der Waals surface area contributed by atoms with Gasteiger partial charge >= 0.3 is 12.0 Å². The highest BCUT2D eigenvalue weighted by molar-refractivity contribution is 6.31. The van der Waals surface area contributed by atoms with Crippen LogP contribution in [0.5, 0.6) is 0 Å². The van der Waals surface area contributed by atoms with Gasteiger partial charge in [-0.15, -0.1) is 0 Å². The molecule has 0 saturated heterocycles. The van der Waals surface area contributed by atoms with Gasteiger partial charge in [0.05, 0.1) is 24.4 Å². The van der Waals surface area contributed by atoms with E-state index in [1.54, 1.807) is 43.3 Å². The van der Waals surface area contributed by atoms with E-state index in [-0.39, 0.29) is 6.03 Å². The van der Waals surface area contributed by atoms with Crippen LogP contribution in [-0.4, -0.2) is 19.1 Å². The zero-order valence-electron chi connectivity index (χ0n) is 13.8. The van der Waals surface area contributed by atoms with Crippen LogP contribution in [0.25, 0.3) is 0 Å². The zero-order chi connectivity index (χ0) is 18.0. The van der Waals surface area contributed by atoms with E-state index in [2.05, 4.69) is 5.32 Å². The van der Waals surface area contributed by atoms with Crippen LogP contribution in [0.1, 0.15) is 18.5 Å². The molecule has 128 valence electrons. The number of hydrogen-bond acceptors (Lipinski definition) is 3. The first-order chi connectivity index (χ1) is 12.0. The van der Waals surface area contributed by atoms with Crippen molar-refractivity contribution < 1.29 is 14.3 Å². The van der Waals surface area contributed by atoms with Crippen LogP contribution in [-0.2, 0) is 9.53 Å². The van der Waals surface area contributed by atoms with Gasteiger partial charge < -0.3 is 10.1 Å². The number of urea groups is 1. The Bertz CT molecular complexity index is 849. The minimum Gasteiger partial charge on any atom is -0.466 e. The highest BCUT2D eigenvalue weighted by atomic mass is 35.5. The van der Waals surface area contributed by atoms with Crippen LogP contribution in [0.4, 0.5) is 10.5 Å². The fourth-order valence-corrected chi connectivity index (χ4v) is 3.19. The molecule has 5 nitrogen and oxygen atoms in total. The highest BCUT2D eigenvalue weighted by Gasteiger charge is 2.37. The van der Waals surface area contributed by atoms with Crippen molar-refractivity contribution in [3.8, 4) is 0 Å². The molecule has 1 unspecified atom stereocenters. The van der Waals surface area contributed by atoms with Gasteiger partial charge in [0.1, 0.15) is 0 Å². The lowest BCUT2D eigenvalue weighted by atomic mass is 9.94. The van der Waals surface area contributed by atoms with Gasteiger partial charge in [-0.3, -0.25) is 4.90 Å².